The number of halogens is 1. The number of hydrogen-bond donors (Lipinski definition) is 0. The SMILES string of the molecule is Cc1ccc(C(=O)/C=C/c2ccc(OCc3ccccc3F)cc2)o1. The molecule has 0 N–H and O–H groups in total. The number of rotatable bonds is 6. The minimum absolute atomic E-state index is 0.165. The summed E-state index contributed by atoms with van der Waals surface area (Å²) < 4.78 is 24.4. The Morgan fingerprint density at radius 1 is 1.08 bits per heavy atom. The molecule has 2 aromatic carbocycles. The molecule has 0 saturated heterocycles. The van der Waals surface area contributed by atoms with Gasteiger partial charge in [-0.15, -0.1) is 0 Å². The third kappa shape index (κ3) is 4.44. The minimum Gasteiger partial charge on any atom is -0.489 e. The highest BCUT2D eigenvalue weighted by atomic mass is 19.1. The van der Waals surface area contributed by atoms with Crippen LogP contribution in [0.4, 0.5) is 4.39 Å². The normalized spacial score (nSPS) is 11.0. The van der Waals surface area contributed by atoms with Gasteiger partial charge in [0.2, 0.25) is 5.78 Å². The van der Waals surface area contributed by atoms with E-state index in [0.717, 1.165) is 5.56 Å². The molecule has 0 unspecified atom stereocenters. The molecule has 0 spiro atoms. The van der Waals surface area contributed by atoms with Crippen LogP contribution < -0.4 is 4.74 Å². The molecule has 25 heavy (non-hydrogen) atoms. The number of ketones is 1. The first-order valence-corrected chi connectivity index (χ1v) is 7.87. The molecule has 0 atom stereocenters. The van der Waals surface area contributed by atoms with Gasteiger partial charge in [-0.3, -0.25) is 4.79 Å². The fourth-order valence-corrected chi connectivity index (χ4v) is 2.27. The average molecular weight is 336 g/mol. The van der Waals surface area contributed by atoms with Crippen molar-refractivity contribution in [1.29, 1.82) is 0 Å². The summed E-state index contributed by atoms with van der Waals surface area (Å²) in [5, 5.41) is 0. The molecule has 3 nitrogen and oxygen atoms in total. The first-order valence-electron chi connectivity index (χ1n) is 7.87. The van der Waals surface area contributed by atoms with E-state index in [2.05, 4.69) is 0 Å². The van der Waals surface area contributed by atoms with Crippen molar-refractivity contribution in [3.63, 3.8) is 0 Å². The largest absolute Gasteiger partial charge is 0.489 e. The zero-order chi connectivity index (χ0) is 17.6. The van der Waals surface area contributed by atoms with E-state index in [0.29, 0.717) is 22.8 Å². The van der Waals surface area contributed by atoms with Crippen molar-refractivity contribution < 1.29 is 18.3 Å². The van der Waals surface area contributed by atoms with Crippen LogP contribution >= 0.6 is 0 Å². The van der Waals surface area contributed by atoms with Crippen LogP contribution in [0, 0.1) is 12.7 Å². The first-order chi connectivity index (χ1) is 12.1. The topological polar surface area (TPSA) is 39.4 Å². The van der Waals surface area contributed by atoms with Gasteiger partial charge in [-0.25, -0.2) is 4.39 Å². The van der Waals surface area contributed by atoms with Crippen molar-refractivity contribution in [1.82, 2.24) is 0 Å². The van der Waals surface area contributed by atoms with Crippen LogP contribution in [0.2, 0.25) is 0 Å². The number of aryl methyl sites for hydroxylation is 1. The minimum atomic E-state index is -0.284. The number of benzene rings is 2. The van der Waals surface area contributed by atoms with Crippen molar-refractivity contribution in [2.45, 2.75) is 13.5 Å². The molecule has 1 heterocycles. The second-order valence-electron chi connectivity index (χ2n) is 5.56. The molecule has 4 heteroatoms. The number of carbonyl (C=O) groups is 1. The van der Waals surface area contributed by atoms with Gasteiger partial charge in [-0.1, -0.05) is 36.4 Å². The Hall–Kier alpha value is -3.14. The van der Waals surface area contributed by atoms with Gasteiger partial charge >= 0.3 is 0 Å². The molecular weight excluding hydrogens is 319 g/mol. The fourth-order valence-electron chi connectivity index (χ4n) is 2.27. The molecule has 3 rings (SSSR count). The lowest BCUT2D eigenvalue weighted by Crippen LogP contribution is -1.98. The summed E-state index contributed by atoms with van der Waals surface area (Å²) in [7, 11) is 0. The number of allylic oxidation sites excluding steroid dienone is 1. The smallest absolute Gasteiger partial charge is 0.221 e. The van der Waals surface area contributed by atoms with E-state index in [4.69, 9.17) is 9.15 Å². The Labute approximate surface area is 145 Å². The summed E-state index contributed by atoms with van der Waals surface area (Å²) in [6.45, 7) is 1.96. The number of ether oxygens (including phenoxy) is 1. The highest BCUT2D eigenvalue weighted by Crippen LogP contribution is 2.17. The second kappa shape index (κ2) is 7.62. The standard InChI is InChI=1S/C21H17FO3/c1-15-6-13-21(25-15)20(23)12-9-16-7-10-18(11-8-16)24-14-17-4-2-3-5-19(17)22/h2-13H,14H2,1H3/b12-9+. The van der Waals surface area contributed by atoms with Crippen LogP contribution in [0.15, 0.2) is 71.2 Å². The zero-order valence-electron chi connectivity index (χ0n) is 13.7. The molecule has 0 radical (unpaired) electrons. The second-order valence-corrected chi connectivity index (χ2v) is 5.56. The molecule has 0 fully saturated rings. The molecule has 3 aromatic rings. The summed E-state index contributed by atoms with van der Waals surface area (Å²) in [4.78, 5) is 11.9. The van der Waals surface area contributed by atoms with Crippen LogP contribution in [0.5, 0.6) is 5.75 Å². The summed E-state index contributed by atoms with van der Waals surface area (Å²) in [5.74, 6) is 1.18. The van der Waals surface area contributed by atoms with Gasteiger partial charge in [0.25, 0.3) is 0 Å². The van der Waals surface area contributed by atoms with E-state index in [1.807, 2.05) is 12.1 Å². The Balaban J connectivity index is 1.59. The lowest BCUT2D eigenvalue weighted by Gasteiger charge is -2.07. The lowest BCUT2D eigenvalue weighted by atomic mass is 10.1. The third-order valence-electron chi connectivity index (χ3n) is 3.64. The maximum absolute atomic E-state index is 13.5. The maximum atomic E-state index is 13.5. The lowest BCUT2D eigenvalue weighted by molar-refractivity contribution is 0.102. The van der Waals surface area contributed by atoms with Gasteiger partial charge in [-0.05, 0) is 48.9 Å². The van der Waals surface area contributed by atoms with Crippen LogP contribution in [-0.2, 0) is 6.61 Å². The van der Waals surface area contributed by atoms with E-state index in [-0.39, 0.29) is 18.2 Å². The van der Waals surface area contributed by atoms with Gasteiger partial charge in [-0.2, -0.15) is 0 Å². The Morgan fingerprint density at radius 3 is 2.52 bits per heavy atom. The predicted octanol–water partition coefficient (Wildman–Crippen LogP) is 5.20. The van der Waals surface area contributed by atoms with E-state index < -0.39 is 0 Å². The summed E-state index contributed by atoms with van der Waals surface area (Å²) >= 11 is 0. The summed E-state index contributed by atoms with van der Waals surface area (Å²) in [6.07, 6.45) is 3.17. The number of furan rings is 1. The summed E-state index contributed by atoms with van der Waals surface area (Å²) in [6, 6.07) is 17.1. The van der Waals surface area contributed by atoms with E-state index >= 15 is 0 Å². The number of carbonyl (C=O) groups excluding carboxylic acids is 1. The molecule has 0 bridgehead atoms. The van der Waals surface area contributed by atoms with Gasteiger partial charge in [0.15, 0.2) is 5.76 Å². The highest BCUT2D eigenvalue weighted by molar-refractivity contribution is 6.04. The van der Waals surface area contributed by atoms with Crippen LogP contribution in [0.25, 0.3) is 6.08 Å². The van der Waals surface area contributed by atoms with E-state index in [1.54, 1.807) is 55.5 Å². The third-order valence-corrected chi connectivity index (χ3v) is 3.64. The zero-order valence-corrected chi connectivity index (χ0v) is 13.7. The quantitative estimate of drug-likeness (QED) is 0.459. The Morgan fingerprint density at radius 2 is 1.84 bits per heavy atom. The van der Waals surface area contributed by atoms with Crippen molar-refractivity contribution >= 4 is 11.9 Å². The molecule has 0 aliphatic heterocycles. The van der Waals surface area contributed by atoms with Crippen molar-refractivity contribution in [3.05, 3.63) is 95.2 Å². The monoisotopic (exact) mass is 336 g/mol. The average Bonchev–Trinajstić information content (AvgIpc) is 3.06. The molecule has 0 aliphatic rings. The molecular formula is C21H17FO3. The maximum Gasteiger partial charge on any atom is 0.221 e. The van der Waals surface area contributed by atoms with Crippen LogP contribution in [-0.4, -0.2) is 5.78 Å². The molecule has 0 amide bonds. The van der Waals surface area contributed by atoms with E-state index in [9.17, 15) is 9.18 Å². The molecule has 126 valence electrons. The van der Waals surface area contributed by atoms with Crippen molar-refractivity contribution in [3.8, 4) is 5.75 Å². The molecule has 0 aliphatic carbocycles. The Kier molecular flexibility index (Phi) is 5.09. The fraction of sp³-hybridized carbons (Fsp3) is 0.0952. The van der Waals surface area contributed by atoms with Gasteiger partial charge < -0.3 is 9.15 Å². The number of hydrogen-bond acceptors (Lipinski definition) is 3. The highest BCUT2D eigenvalue weighted by Gasteiger charge is 2.06. The molecule has 1 aromatic heterocycles. The van der Waals surface area contributed by atoms with Crippen molar-refractivity contribution in [2.75, 3.05) is 0 Å². The van der Waals surface area contributed by atoms with Crippen LogP contribution in [0.1, 0.15) is 27.4 Å². The van der Waals surface area contributed by atoms with Crippen LogP contribution in [0.3, 0.4) is 0 Å². The first kappa shape index (κ1) is 16.7. The van der Waals surface area contributed by atoms with E-state index in [1.165, 1.54) is 12.1 Å². The predicted molar refractivity (Wildman–Crippen MR) is 94.0 cm³/mol. The van der Waals surface area contributed by atoms with Gasteiger partial charge in [0, 0.05) is 5.56 Å². The summed E-state index contributed by atoms with van der Waals surface area (Å²) in [5.41, 5.74) is 1.36. The van der Waals surface area contributed by atoms with Gasteiger partial charge in [0.1, 0.15) is 23.9 Å². The van der Waals surface area contributed by atoms with Crippen molar-refractivity contribution in [2.24, 2.45) is 0 Å². The Bertz CT molecular complexity index is 892. The van der Waals surface area contributed by atoms with Gasteiger partial charge in [0.05, 0.1) is 0 Å². The molecule has 0 saturated carbocycles.